The summed E-state index contributed by atoms with van der Waals surface area (Å²) in [7, 11) is 0. The average molecular weight is 832 g/mol. The molecular weight excluding hydrogens is 797 g/mol. The molecule has 0 bridgehead atoms. The van der Waals surface area contributed by atoms with Gasteiger partial charge in [0.25, 0.3) is 0 Å². The summed E-state index contributed by atoms with van der Waals surface area (Å²) in [6, 6.07) is 48.8. The number of aromatic nitrogens is 5. The van der Waals surface area contributed by atoms with Gasteiger partial charge in [0.05, 0.1) is 22.2 Å². The quantitative estimate of drug-likeness (QED) is 0.118. The van der Waals surface area contributed by atoms with E-state index in [2.05, 4.69) is 160 Å². The summed E-state index contributed by atoms with van der Waals surface area (Å²) in [4.78, 5) is 19.1. The third-order valence-corrected chi connectivity index (χ3v) is 21.6. The molecule has 0 radical (unpaired) electrons. The Labute approximate surface area is 352 Å². The third kappa shape index (κ3) is 5.79. The second-order valence-corrected chi connectivity index (χ2v) is 23.7. The summed E-state index contributed by atoms with van der Waals surface area (Å²) in [5.41, 5.74) is 8.88. The number of allylic oxidation sites excluding steroid dienone is 1. The van der Waals surface area contributed by atoms with Crippen molar-refractivity contribution in [2.24, 2.45) is 0 Å². The molecule has 0 atom stereocenters. The molecule has 0 saturated heterocycles. The van der Waals surface area contributed by atoms with Crippen molar-refractivity contribution in [3.05, 3.63) is 199 Å². The molecule has 5 aromatic heterocycles. The molecule has 9 heteroatoms. The highest BCUT2D eigenvalue weighted by molar-refractivity contribution is 8.26. The normalized spacial score (nSPS) is 13.2. The summed E-state index contributed by atoms with van der Waals surface area (Å²) >= 11 is 13.4. The largest absolute Gasteiger partial charge is 0.291 e. The number of rotatable bonds is 7. The van der Waals surface area contributed by atoms with Gasteiger partial charge in [0.2, 0.25) is 0 Å². The predicted molar refractivity (Wildman–Crippen MR) is 256 cm³/mol. The van der Waals surface area contributed by atoms with Crippen LogP contribution in [-0.2, 0) is 30.0 Å². The third-order valence-electron chi connectivity index (χ3n) is 11.7. The number of aryl methyl sites for hydroxylation is 1. The maximum atomic E-state index is 6.78. The fourth-order valence-corrected chi connectivity index (χ4v) is 16.2. The number of hydrogen-bond acceptors (Lipinski definition) is 6. The molecule has 5 nitrogen and oxygen atoms in total. The lowest BCUT2D eigenvalue weighted by Gasteiger charge is -2.24. The Morgan fingerprint density at radius 2 is 1.10 bits per heavy atom. The van der Waals surface area contributed by atoms with Gasteiger partial charge in [0.1, 0.15) is 5.65 Å². The first kappa shape index (κ1) is 36.2. The standard InChI is InChI=1S/C50H35N5P2S2/c58-56(38-23-27-51-28-24-38,39-25-29-52-30-26-39)40-17-22-47-48(32-40)55-49-42-19-16-35(31-34(42)15-20-44(49)43-13-7-8-14-45(43)50(55)54-47)46-21-18-41(33-53-46)57(59,36-9-3-1-4-10-36)37-11-5-2-6-12-37/h1-15,17-18,20-33H,16,19H2. The summed E-state index contributed by atoms with van der Waals surface area (Å²) in [6.45, 7) is 0. The SMILES string of the molecule is S=P(c1ccccc1)(c1ccccc1)c1ccc(C2=Cc3ccc4c5ccccc5c5nc6ccc(P(=S)(c7ccncc7)c7ccncc7)cc6n5c4c3CC2)nc1. The Kier molecular flexibility index (Phi) is 8.83. The summed E-state index contributed by atoms with van der Waals surface area (Å²) in [5.74, 6) is 0. The molecule has 0 amide bonds. The van der Waals surface area contributed by atoms with Crippen molar-refractivity contribution in [3.63, 3.8) is 0 Å². The van der Waals surface area contributed by atoms with Crippen LogP contribution in [0.3, 0.4) is 0 Å². The van der Waals surface area contributed by atoms with E-state index in [1.165, 1.54) is 43.6 Å². The first-order valence-corrected chi connectivity index (χ1v) is 25.2. The molecule has 10 aromatic rings. The van der Waals surface area contributed by atoms with Crippen molar-refractivity contribution in [2.75, 3.05) is 0 Å². The van der Waals surface area contributed by atoms with E-state index in [4.69, 9.17) is 33.6 Å². The van der Waals surface area contributed by atoms with Crippen LogP contribution in [0.25, 0.3) is 50.0 Å². The van der Waals surface area contributed by atoms with Gasteiger partial charge in [0.15, 0.2) is 0 Å². The van der Waals surface area contributed by atoms with Crippen molar-refractivity contribution >= 4 is 118 Å². The predicted octanol–water partition coefficient (Wildman–Crippen LogP) is 8.98. The molecule has 0 unspecified atom stereocenters. The Morgan fingerprint density at radius 1 is 0.508 bits per heavy atom. The zero-order valence-corrected chi connectivity index (χ0v) is 35.2. The highest BCUT2D eigenvalue weighted by atomic mass is 32.4. The lowest BCUT2D eigenvalue weighted by molar-refractivity contribution is 0.995. The van der Waals surface area contributed by atoms with E-state index in [1.807, 2.05) is 43.1 Å². The molecule has 0 spiro atoms. The van der Waals surface area contributed by atoms with E-state index < -0.39 is 12.1 Å². The van der Waals surface area contributed by atoms with Gasteiger partial charge in [-0.25, -0.2) is 4.98 Å². The second kappa shape index (κ2) is 14.4. The molecule has 59 heavy (non-hydrogen) atoms. The molecule has 5 aromatic carbocycles. The molecule has 5 heterocycles. The first-order chi connectivity index (χ1) is 29.0. The zero-order valence-electron chi connectivity index (χ0n) is 31.8. The van der Waals surface area contributed by atoms with Crippen molar-refractivity contribution in [1.29, 1.82) is 0 Å². The zero-order chi connectivity index (χ0) is 39.6. The van der Waals surface area contributed by atoms with Crippen molar-refractivity contribution in [2.45, 2.75) is 12.8 Å². The highest BCUT2D eigenvalue weighted by Gasteiger charge is 2.28. The number of hydrogen-bond donors (Lipinski definition) is 0. The van der Waals surface area contributed by atoms with Crippen LogP contribution in [0.1, 0.15) is 23.2 Å². The maximum Gasteiger partial charge on any atom is 0.146 e. The Hall–Kier alpha value is -5.94. The Bertz CT molecular complexity index is 3290. The van der Waals surface area contributed by atoms with Crippen LogP contribution in [0.4, 0.5) is 0 Å². The van der Waals surface area contributed by atoms with Gasteiger partial charge >= 0.3 is 0 Å². The Balaban J connectivity index is 1.08. The lowest BCUT2D eigenvalue weighted by atomic mass is 9.88. The number of nitrogens with zero attached hydrogens (tertiary/aromatic N) is 5. The van der Waals surface area contributed by atoms with Crippen LogP contribution in [0.15, 0.2) is 183 Å². The average Bonchev–Trinajstić information content (AvgIpc) is 3.71. The first-order valence-electron chi connectivity index (χ1n) is 19.6. The minimum atomic E-state index is -2.47. The number of fused-ring (bicyclic) bond motifs is 10. The van der Waals surface area contributed by atoms with E-state index in [0.29, 0.717) is 0 Å². The molecule has 1 aliphatic carbocycles. The molecule has 11 rings (SSSR count). The second-order valence-electron chi connectivity index (χ2n) is 14.9. The van der Waals surface area contributed by atoms with Gasteiger partial charge in [-0.2, -0.15) is 0 Å². The van der Waals surface area contributed by atoms with E-state index in [1.54, 1.807) is 0 Å². The summed E-state index contributed by atoms with van der Waals surface area (Å²) < 4.78 is 2.40. The Morgan fingerprint density at radius 3 is 1.75 bits per heavy atom. The van der Waals surface area contributed by atoms with Crippen molar-refractivity contribution in [1.82, 2.24) is 24.3 Å². The van der Waals surface area contributed by atoms with Gasteiger partial charge in [-0.1, -0.05) is 127 Å². The van der Waals surface area contributed by atoms with Gasteiger partial charge < -0.3 is 0 Å². The molecule has 0 aliphatic heterocycles. The summed E-state index contributed by atoms with van der Waals surface area (Å²) in [6.07, 6.45) is 13.4. The van der Waals surface area contributed by atoms with E-state index in [9.17, 15) is 0 Å². The molecule has 0 N–H and O–H groups in total. The van der Waals surface area contributed by atoms with Gasteiger partial charge in [-0.3, -0.25) is 19.4 Å². The minimum absolute atomic E-state index is 0.862. The smallest absolute Gasteiger partial charge is 0.146 e. The van der Waals surface area contributed by atoms with Crippen LogP contribution in [-0.4, -0.2) is 24.3 Å². The van der Waals surface area contributed by atoms with E-state index >= 15 is 0 Å². The molecule has 0 saturated carbocycles. The van der Waals surface area contributed by atoms with Crippen molar-refractivity contribution < 1.29 is 0 Å². The van der Waals surface area contributed by atoms with Crippen molar-refractivity contribution in [3.8, 4) is 0 Å². The number of benzene rings is 5. The maximum absolute atomic E-state index is 6.78. The van der Waals surface area contributed by atoms with Gasteiger partial charge in [-0.15, -0.1) is 0 Å². The van der Waals surface area contributed by atoms with Crippen LogP contribution in [0, 0.1) is 0 Å². The van der Waals surface area contributed by atoms with Gasteiger partial charge in [-0.05, 0) is 116 Å². The van der Waals surface area contributed by atoms with Crippen LogP contribution < -0.4 is 31.8 Å². The minimum Gasteiger partial charge on any atom is -0.291 e. The topological polar surface area (TPSA) is 56.0 Å². The monoisotopic (exact) mass is 831 g/mol. The van der Waals surface area contributed by atoms with E-state index in [-0.39, 0.29) is 0 Å². The highest BCUT2D eigenvalue weighted by Crippen LogP contribution is 2.45. The fraction of sp³-hybridized carbons (Fsp3) is 0.0400. The molecule has 1 aliphatic rings. The molecular formula is C50H35N5P2S2. The number of imidazole rings is 1. The molecule has 0 fully saturated rings. The van der Waals surface area contributed by atoms with Crippen LogP contribution in [0.5, 0.6) is 0 Å². The molecule has 282 valence electrons. The summed E-state index contributed by atoms with van der Waals surface area (Å²) in [5, 5.41) is 10.3. The van der Waals surface area contributed by atoms with E-state index in [0.717, 1.165) is 61.8 Å². The fourth-order valence-electron chi connectivity index (χ4n) is 8.86. The lowest BCUT2D eigenvalue weighted by Crippen LogP contribution is -2.25. The number of pyridine rings is 4. The van der Waals surface area contributed by atoms with Gasteiger partial charge in [0, 0.05) is 59.1 Å². The van der Waals surface area contributed by atoms with Crippen LogP contribution in [0.2, 0.25) is 0 Å². The van der Waals surface area contributed by atoms with Crippen LogP contribution >= 0.6 is 12.1 Å².